The first-order valence-corrected chi connectivity index (χ1v) is 11.4. The highest BCUT2D eigenvalue weighted by atomic mass is 32.2. The summed E-state index contributed by atoms with van der Waals surface area (Å²) >= 11 is 1.15. The van der Waals surface area contributed by atoms with Crippen molar-refractivity contribution in [2.24, 2.45) is 0 Å². The van der Waals surface area contributed by atoms with E-state index in [2.05, 4.69) is 15.2 Å². The summed E-state index contributed by atoms with van der Waals surface area (Å²) < 4.78 is 15.8. The van der Waals surface area contributed by atoms with Crippen LogP contribution >= 0.6 is 11.8 Å². The second kappa shape index (κ2) is 9.62. The van der Waals surface area contributed by atoms with Crippen LogP contribution in [0.5, 0.6) is 0 Å². The third-order valence-electron chi connectivity index (χ3n) is 5.42. The first-order valence-electron chi connectivity index (χ1n) is 10.5. The van der Waals surface area contributed by atoms with Gasteiger partial charge in [-0.15, -0.1) is 0 Å². The summed E-state index contributed by atoms with van der Waals surface area (Å²) in [6.45, 7) is 5.33. The van der Waals surface area contributed by atoms with E-state index in [0.29, 0.717) is 17.4 Å². The minimum atomic E-state index is -0.522. The molecule has 0 radical (unpaired) electrons. The number of nitrogens with one attached hydrogen (secondary N) is 1. The standard InChI is InChI=1S/C23H25FN4O2S/c1-16(21(29)25-12-15-27-13-6-7-14-27)31-23-26-19-10-4-2-8-17(19)22(30)28(23)20-11-5-3-9-18(20)24/h2-5,8-11,16H,6-7,12-15H2,1H3,(H,25,29). The van der Waals surface area contributed by atoms with E-state index in [4.69, 9.17) is 0 Å². The molecule has 1 fully saturated rings. The first kappa shape index (κ1) is 21.5. The molecule has 0 aliphatic carbocycles. The molecular formula is C23H25FN4O2S. The van der Waals surface area contributed by atoms with E-state index in [9.17, 15) is 14.0 Å². The number of aromatic nitrogens is 2. The van der Waals surface area contributed by atoms with Crippen molar-refractivity contribution in [3.8, 4) is 5.69 Å². The van der Waals surface area contributed by atoms with E-state index in [1.807, 2.05) is 0 Å². The van der Waals surface area contributed by atoms with Crippen LogP contribution in [0.4, 0.5) is 4.39 Å². The summed E-state index contributed by atoms with van der Waals surface area (Å²) in [6.07, 6.45) is 2.42. The highest BCUT2D eigenvalue weighted by Crippen LogP contribution is 2.26. The van der Waals surface area contributed by atoms with Crippen LogP contribution in [-0.2, 0) is 4.79 Å². The fourth-order valence-electron chi connectivity index (χ4n) is 3.74. The van der Waals surface area contributed by atoms with Gasteiger partial charge in [0.15, 0.2) is 5.16 Å². The van der Waals surface area contributed by atoms with Crippen LogP contribution in [0.3, 0.4) is 0 Å². The number of fused-ring (bicyclic) bond motifs is 1. The van der Waals surface area contributed by atoms with Gasteiger partial charge in [0.25, 0.3) is 5.56 Å². The second-order valence-corrected chi connectivity index (χ2v) is 8.91. The molecule has 31 heavy (non-hydrogen) atoms. The Morgan fingerprint density at radius 3 is 2.65 bits per heavy atom. The van der Waals surface area contributed by atoms with Crippen molar-refractivity contribution in [2.45, 2.75) is 30.2 Å². The quantitative estimate of drug-likeness (QED) is 0.451. The lowest BCUT2D eigenvalue weighted by atomic mass is 10.2. The summed E-state index contributed by atoms with van der Waals surface area (Å²) in [5.41, 5.74) is 0.277. The molecule has 1 atom stereocenters. The summed E-state index contributed by atoms with van der Waals surface area (Å²) in [4.78, 5) is 32.8. The molecule has 1 aliphatic heterocycles. The fraction of sp³-hybridized carbons (Fsp3) is 0.348. The molecule has 1 unspecified atom stereocenters. The molecule has 1 aromatic heterocycles. The summed E-state index contributed by atoms with van der Waals surface area (Å²) in [6, 6.07) is 13.0. The number of likely N-dealkylation sites (tertiary alicyclic amines) is 1. The van der Waals surface area contributed by atoms with E-state index in [-0.39, 0.29) is 22.3 Å². The van der Waals surface area contributed by atoms with Crippen LogP contribution in [0.2, 0.25) is 0 Å². The summed E-state index contributed by atoms with van der Waals surface area (Å²) in [5, 5.41) is 3.15. The van der Waals surface area contributed by atoms with Gasteiger partial charge in [0.1, 0.15) is 5.82 Å². The number of hydrogen-bond acceptors (Lipinski definition) is 5. The van der Waals surface area contributed by atoms with E-state index in [1.54, 1.807) is 43.3 Å². The summed E-state index contributed by atoms with van der Waals surface area (Å²) in [5.74, 6) is -0.655. The number of benzene rings is 2. The molecule has 4 rings (SSSR count). The van der Waals surface area contributed by atoms with E-state index in [0.717, 1.165) is 31.4 Å². The van der Waals surface area contributed by atoms with Gasteiger partial charge >= 0.3 is 0 Å². The smallest absolute Gasteiger partial charge is 0.266 e. The number of nitrogens with zero attached hydrogens (tertiary/aromatic N) is 3. The lowest BCUT2D eigenvalue weighted by molar-refractivity contribution is -0.120. The SMILES string of the molecule is CC(Sc1nc2ccccc2c(=O)n1-c1ccccc1F)C(=O)NCCN1CCCC1. The Morgan fingerprint density at radius 1 is 1.16 bits per heavy atom. The van der Waals surface area contributed by atoms with E-state index >= 15 is 0 Å². The zero-order valence-corrected chi connectivity index (χ0v) is 18.2. The molecule has 2 heterocycles. The van der Waals surface area contributed by atoms with Crippen LogP contribution in [0, 0.1) is 5.82 Å². The molecule has 8 heteroatoms. The topological polar surface area (TPSA) is 67.2 Å². The van der Waals surface area contributed by atoms with Gasteiger partial charge in [0.05, 0.1) is 21.8 Å². The maximum Gasteiger partial charge on any atom is 0.266 e. The average Bonchev–Trinajstić information content (AvgIpc) is 3.28. The molecule has 0 saturated carbocycles. The molecule has 2 aromatic carbocycles. The Morgan fingerprint density at radius 2 is 1.87 bits per heavy atom. The molecule has 1 saturated heterocycles. The molecule has 0 spiro atoms. The van der Waals surface area contributed by atoms with Crippen molar-refractivity contribution >= 4 is 28.6 Å². The van der Waals surface area contributed by atoms with Crippen molar-refractivity contribution in [2.75, 3.05) is 26.2 Å². The number of amides is 1. The van der Waals surface area contributed by atoms with Gasteiger partial charge in [-0.25, -0.2) is 9.37 Å². The Balaban J connectivity index is 1.60. The number of carbonyl (C=O) groups excluding carboxylic acids is 1. The van der Waals surface area contributed by atoms with Gasteiger partial charge in [0, 0.05) is 13.1 Å². The van der Waals surface area contributed by atoms with Crippen molar-refractivity contribution in [1.29, 1.82) is 0 Å². The van der Waals surface area contributed by atoms with Crippen LogP contribution in [0.1, 0.15) is 19.8 Å². The number of carbonyl (C=O) groups is 1. The Hall–Kier alpha value is -2.71. The van der Waals surface area contributed by atoms with Crippen LogP contribution in [0.15, 0.2) is 58.5 Å². The van der Waals surface area contributed by atoms with E-state index < -0.39 is 11.1 Å². The lowest BCUT2D eigenvalue weighted by Gasteiger charge is -2.18. The Bertz CT molecular complexity index is 1140. The average molecular weight is 441 g/mol. The number of para-hydroxylation sites is 2. The normalized spacial score (nSPS) is 15.3. The highest BCUT2D eigenvalue weighted by molar-refractivity contribution is 8.00. The van der Waals surface area contributed by atoms with Crippen LogP contribution in [0.25, 0.3) is 16.6 Å². The van der Waals surface area contributed by atoms with Gasteiger partial charge in [0.2, 0.25) is 5.91 Å². The van der Waals surface area contributed by atoms with Gasteiger partial charge < -0.3 is 10.2 Å². The molecule has 1 aliphatic rings. The number of rotatable bonds is 7. The van der Waals surface area contributed by atoms with Crippen molar-refractivity contribution in [3.63, 3.8) is 0 Å². The fourth-order valence-corrected chi connectivity index (χ4v) is 4.68. The zero-order valence-electron chi connectivity index (χ0n) is 17.4. The number of halogens is 1. The molecular weight excluding hydrogens is 415 g/mol. The maximum absolute atomic E-state index is 14.6. The van der Waals surface area contributed by atoms with Gasteiger partial charge in [-0.05, 0) is 57.1 Å². The van der Waals surface area contributed by atoms with Gasteiger partial charge in [-0.1, -0.05) is 36.0 Å². The second-order valence-electron chi connectivity index (χ2n) is 7.60. The predicted octanol–water partition coefficient (Wildman–Crippen LogP) is 3.22. The molecule has 0 bridgehead atoms. The zero-order chi connectivity index (χ0) is 21.8. The largest absolute Gasteiger partial charge is 0.354 e. The van der Waals surface area contributed by atoms with E-state index in [1.165, 1.54) is 29.5 Å². The lowest BCUT2D eigenvalue weighted by Crippen LogP contribution is -2.37. The maximum atomic E-state index is 14.6. The van der Waals surface area contributed by atoms with Crippen LogP contribution < -0.4 is 10.9 Å². The highest BCUT2D eigenvalue weighted by Gasteiger charge is 2.21. The van der Waals surface area contributed by atoms with Crippen molar-refractivity contribution < 1.29 is 9.18 Å². The molecule has 162 valence electrons. The monoisotopic (exact) mass is 440 g/mol. The molecule has 1 amide bonds. The molecule has 3 aromatic rings. The third-order valence-corrected chi connectivity index (χ3v) is 6.47. The molecule has 1 N–H and O–H groups in total. The first-order chi connectivity index (χ1) is 15.0. The predicted molar refractivity (Wildman–Crippen MR) is 121 cm³/mol. The Labute approximate surface area is 184 Å². The van der Waals surface area contributed by atoms with Crippen molar-refractivity contribution in [1.82, 2.24) is 19.8 Å². The van der Waals surface area contributed by atoms with Gasteiger partial charge in [-0.2, -0.15) is 0 Å². The van der Waals surface area contributed by atoms with Crippen molar-refractivity contribution in [3.05, 3.63) is 64.7 Å². The van der Waals surface area contributed by atoms with Crippen LogP contribution in [-0.4, -0.2) is 51.8 Å². The van der Waals surface area contributed by atoms with Gasteiger partial charge in [-0.3, -0.25) is 14.2 Å². The number of hydrogen-bond donors (Lipinski definition) is 1. The third kappa shape index (κ3) is 4.80. The Kier molecular flexibility index (Phi) is 6.67. The minimum absolute atomic E-state index is 0.120. The molecule has 6 nitrogen and oxygen atoms in total. The summed E-state index contributed by atoms with van der Waals surface area (Å²) in [7, 11) is 0. The number of thioether (sulfide) groups is 1. The minimum Gasteiger partial charge on any atom is -0.354 e.